The highest BCUT2D eigenvalue weighted by atomic mass is 16.6. The molecule has 0 amide bonds. The first-order valence-corrected chi connectivity index (χ1v) is 8.51. The fraction of sp³-hybridized carbons (Fsp3) is 0.526. The minimum absolute atomic E-state index is 0.0117. The van der Waals surface area contributed by atoms with Gasteiger partial charge in [-0.1, -0.05) is 32.8 Å². The van der Waals surface area contributed by atoms with Gasteiger partial charge in [-0.15, -0.1) is 0 Å². The van der Waals surface area contributed by atoms with Crippen molar-refractivity contribution in [1.29, 1.82) is 0 Å². The van der Waals surface area contributed by atoms with E-state index in [1.807, 2.05) is 18.2 Å². The summed E-state index contributed by atoms with van der Waals surface area (Å²) in [7, 11) is 0. The van der Waals surface area contributed by atoms with E-state index in [0.29, 0.717) is 12.4 Å². The number of anilines is 1. The van der Waals surface area contributed by atoms with Crippen LogP contribution in [0.25, 0.3) is 0 Å². The fourth-order valence-corrected chi connectivity index (χ4v) is 2.21. The van der Waals surface area contributed by atoms with E-state index in [0.717, 1.165) is 31.6 Å². The Kier molecular flexibility index (Phi) is 8.88. The molecule has 0 unspecified atom stereocenters. The molecule has 4 heteroatoms. The third-order valence-corrected chi connectivity index (χ3v) is 3.49. The Morgan fingerprint density at radius 3 is 2.35 bits per heavy atom. The summed E-state index contributed by atoms with van der Waals surface area (Å²) in [5, 5.41) is 0. The lowest BCUT2D eigenvalue weighted by atomic mass is 10.2. The van der Waals surface area contributed by atoms with E-state index in [1.165, 1.54) is 12.8 Å². The summed E-state index contributed by atoms with van der Waals surface area (Å²) >= 11 is 0. The monoisotopic (exact) mass is 319 g/mol. The van der Waals surface area contributed by atoms with Crippen LogP contribution in [-0.2, 0) is 9.53 Å². The molecule has 128 valence electrons. The van der Waals surface area contributed by atoms with Gasteiger partial charge in [-0.2, -0.15) is 0 Å². The molecule has 0 atom stereocenters. The van der Waals surface area contributed by atoms with E-state index in [1.54, 1.807) is 6.92 Å². The maximum atomic E-state index is 11.6. The van der Waals surface area contributed by atoms with Gasteiger partial charge in [0.15, 0.2) is 0 Å². The Morgan fingerprint density at radius 1 is 1.13 bits per heavy atom. The smallest absolute Gasteiger partial charge is 0.373 e. The molecule has 0 saturated heterocycles. The van der Waals surface area contributed by atoms with Gasteiger partial charge in [0.25, 0.3) is 0 Å². The van der Waals surface area contributed by atoms with Crippen molar-refractivity contribution in [2.24, 2.45) is 0 Å². The number of ether oxygens (including phenoxy) is 2. The van der Waals surface area contributed by atoms with Crippen LogP contribution in [0.4, 0.5) is 5.69 Å². The van der Waals surface area contributed by atoms with Crippen molar-refractivity contribution in [2.75, 3.05) is 24.6 Å². The highest BCUT2D eigenvalue weighted by molar-refractivity contribution is 5.86. The van der Waals surface area contributed by atoms with Gasteiger partial charge >= 0.3 is 5.97 Å². The van der Waals surface area contributed by atoms with Crippen molar-refractivity contribution in [1.82, 2.24) is 0 Å². The van der Waals surface area contributed by atoms with Crippen LogP contribution < -0.4 is 9.64 Å². The third kappa shape index (κ3) is 6.76. The van der Waals surface area contributed by atoms with Crippen LogP contribution in [-0.4, -0.2) is 25.7 Å². The molecule has 0 bridgehead atoms. The average molecular weight is 319 g/mol. The van der Waals surface area contributed by atoms with E-state index in [-0.39, 0.29) is 5.76 Å². The number of hydrogen-bond acceptors (Lipinski definition) is 4. The topological polar surface area (TPSA) is 38.8 Å². The summed E-state index contributed by atoms with van der Waals surface area (Å²) in [5.41, 5.74) is 1.11. The molecular formula is C19H29NO3. The highest BCUT2D eigenvalue weighted by Crippen LogP contribution is 2.23. The van der Waals surface area contributed by atoms with E-state index in [9.17, 15) is 4.79 Å². The number of esters is 1. The lowest BCUT2D eigenvalue weighted by molar-refractivity contribution is -0.140. The van der Waals surface area contributed by atoms with Crippen LogP contribution in [0.1, 0.15) is 46.5 Å². The van der Waals surface area contributed by atoms with Crippen LogP contribution in [0.3, 0.4) is 0 Å². The predicted molar refractivity (Wildman–Crippen MR) is 94.9 cm³/mol. The molecule has 4 nitrogen and oxygen atoms in total. The minimum atomic E-state index is -0.522. The lowest BCUT2D eigenvalue weighted by Gasteiger charge is -2.25. The van der Waals surface area contributed by atoms with Crippen LogP contribution in [0, 0.1) is 0 Å². The molecule has 0 aliphatic heterocycles. The van der Waals surface area contributed by atoms with Gasteiger partial charge in [0, 0.05) is 24.8 Å². The van der Waals surface area contributed by atoms with Crippen molar-refractivity contribution < 1.29 is 14.3 Å². The van der Waals surface area contributed by atoms with Gasteiger partial charge in [-0.3, -0.25) is 0 Å². The lowest BCUT2D eigenvalue weighted by Crippen LogP contribution is -2.25. The van der Waals surface area contributed by atoms with Crippen molar-refractivity contribution in [2.45, 2.75) is 46.5 Å². The first-order valence-electron chi connectivity index (χ1n) is 8.51. The predicted octanol–water partition coefficient (Wildman–Crippen LogP) is 4.55. The van der Waals surface area contributed by atoms with Crippen LogP contribution in [0.5, 0.6) is 5.75 Å². The Balaban J connectivity index is 2.79. The van der Waals surface area contributed by atoms with Gasteiger partial charge < -0.3 is 14.4 Å². The molecule has 1 aromatic carbocycles. The van der Waals surface area contributed by atoms with Gasteiger partial charge in [0.1, 0.15) is 5.75 Å². The molecule has 0 aliphatic carbocycles. The molecular weight excluding hydrogens is 290 g/mol. The number of hydrogen-bond donors (Lipinski definition) is 0. The van der Waals surface area contributed by atoms with Gasteiger partial charge in [0.05, 0.1) is 6.61 Å². The largest absolute Gasteiger partial charge is 0.460 e. The van der Waals surface area contributed by atoms with Crippen LogP contribution in [0.2, 0.25) is 0 Å². The van der Waals surface area contributed by atoms with E-state index in [4.69, 9.17) is 9.47 Å². The summed E-state index contributed by atoms with van der Waals surface area (Å²) in [6, 6.07) is 7.79. The molecule has 1 aromatic rings. The number of nitrogens with zero attached hydrogens (tertiary/aromatic N) is 1. The van der Waals surface area contributed by atoms with Crippen molar-refractivity contribution in [3.05, 3.63) is 36.6 Å². The van der Waals surface area contributed by atoms with Crippen LogP contribution in [0.15, 0.2) is 36.6 Å². The van der Waals surface area contributed by atoms with Crippen molar-refractivity contribution >= 4 is 11.7 Å². The third-order valence-electron chi connectivity index (χ3n) is 3.49. The molecule has 0 spiro atoms. The van der Waals surface area contributed by atoms with Crippen LogP contribution >= 0.6 is 0 Å². The number of carbonyl (C=O) groups is 1. The number of benzene rings is 1. The highest BCUT2D eigenvalue weighted by Gasteiger charge is 2.12. The Morgan fingerprint density at radius 2 is 1.78 bits per heavy atom. The summed E-state index contributed by atoms with van der Waals surface area (Å²) in [5.74, 6) is 0.0999. The molecule has 0 saturated carbocycles. The summed E-state index contributed by atoms with van der Waals surface area (Å²) in [6.07, 6.45) is 4.64. The summed E-state index contributed by atoms with van der Waals surface area (Å²) in [6.45, 7) is 12.1. The number of unbranched alkanes of at least 4 members (excludes halogenated alkanes) is 2. The van der Waals surface area contributed by atoms with E-state index in [2.05, 4.69) is 31.4 Å². The molecule has 0 aromatic heterocycles. The second-order valence-corrected chi connectivity index (χ2v) is 5.44. The Hall–Kier alpha value is -1.97. The second kappa shape index (κ2) is 10.7. The maximum absolute atomic E-state index is 11.6. The Bertz CT molecular complexity index is 491. The van der Waals surface area contributed by atoms with E-state index < -0.39 is 5.97 Å². The zero-order valence-corrected chi connectivity index (χ0v) is 14.6. The molecule has 23 heavy (non-hydrogen) atoms. The molecule has 1 rings (SSSR count). The zero-order valence-electron chi connectivity index (χ0n) is 14.6. The molecule has 0 N–H and O–H groups in total. The normalized spacial score (nSPS) is 10.2. The quantitative estimate of drug-likeness (QED) is 0.341. The van der Waals surface area contributed by atoms with Gasteiger partial charge in [-0.05, 0) is 38.5 Å². The SMILES string of the molecule is C=C(Oc1cccc(N(CCCC)CCCC)c1)C(=O)OCC. The van der Waals surface area contributed by atoms with Gasteiger partial charge in [0.2, 0.25) is 5.76 Å². The molecule has 0 heterocycles. The number of rotatable bonds is 11. The summed E-state index contributed by atoms with van der Waals surface area (Å²) < 4.78 is 10.4. The first kappa shape index (κ1) is 19.1. The standard InChI is InChI=1S/C19H29NO3/c1-5-8-13-20(14-9-6-2)17-11-10-12-18(15-17)23-16(4)19(21)22-7-3/h10-12,15H,4-9,13-14H2,1-3H3. The molecule has 0 radical (unpaired) electrons. The molecule has 0 aliphatic rings. The minimum Gasteiger partial charge on any atom is -0.460 e. The molecule has 0 fully saturated rings. The average Bonchev–Trinajstić information content (AvgIpc) is 2.55. The number of carbonyl (C=O) groups excluding carboxylic acids is 1. The fourth-order valence-electron chi connectivity index (χ4n) is 2.21. The first-order chi connectivity index (χ1) is 11.1. The summed E-state index contributed by atoms with van der Waals surface area (Å²) in [4.78, 5) is 14.0. The van der Waals surface area contributed by atoms with Gasteiger partial charge in [-0.25, -0.2) is 4.79 Å². The van der Waals surface area contributed by atoms with Crippen molar-refractivity contribution in [3.8, 4) is 5.75 Å². The Labute approximate surface area is 140 Å². The van der Waals surface area contributed by atoms with Crippen molar-refractivity contribution in [3.63, 3.8) is 0 Å². The zero-order chi connectivity index (χ0) is 17.1. The second-order valence-electron chi connectivity index (χ2n) is 5.44. The van der Waals surface area contributed by atoms with E-state index >= 15 is 0 Å². The maximum Gasteiger partial charge on any atom is 0.373 e.